The molecule has 0 spiro atoms. The number of hydrogen-bond acceptors (Lipinski definition) is 6. The van der Waals surface area contributed by atoms with Crippen molar-refractivity contribution in [3.05, 3.63) is 75.6 Å². The van der Waals surface area contributed by atoms with Gasteiger partial charge in [0.1, 0.15) is 11.3 Å². The first-order valence-corrected chi connectivity index (χ1v) is 11.6. The predicted molar refractivity (Wildman–Crippen MR) is 125 cm³/mol. The third-order valence-electron chi connectivity index (χ3n) is 6.36. The Morgan fingerprint density at radius 1 is 1.00 bits per heavy atom. The van der Waals surface area contributed by atoms with E-state index >= 15 is 0 Å². The fourth-order valence-electron chi connectivity index (χ4n) is 4.75. The van der Waals surface area contributed by atoms with E-state index in [1.165, 1.54) is 0 Å². The monoisotopic (exact) mass is 448 g/mol. The SMILES string of the molecule is CCOc1ccc([C@@H]2c3c(oc4ccccc4c3=O)C(=O)N2CCCN2CCOCC2)cc1. The van der Waals surface area contributed by atoms with Crippen LogP contribution in [0.1, 0.15) is 41.1 Å². The van der Waals surface area contributed by atoms with Gasteiger partial charge in [0.15, 0.2) is 5.43 Å². The second-order valence-electron chi connectivity index (χ2n) is 8.38. The molecule has 7 nitrogen and oxygen atoms in total. The summed E-state index contributed by atoms with van der Waals surface area (Å²) in [6.07, 6.45) is 0.807. The molecule has 3 aromatic rings. The quantitative estimate of drug-likeness (QED) is 0.551. The topological polar surface area (TPSA) is 72.2 Å². The molecule has 0 saturated carbocycles. The Labute approximate surface area is 192 Å². The van der Waals surface area contributed by atoms with Crippen LogP contribution in [0, 0.1) is 0 Å². The van der Waals surface area contributed by atoms with E-state index in [9.17, 15) is 9.59 Å². The second kappa shape index (κ2) is 9.37. The number of para-hydroxylation sites is 1. The first-order chi connectivity index (χ1) is 16.2. The molecule has 0 radical (unpaired) electrons. The smallest absolute Gasteiger partial charge is 0.290 e. The Bertz CT molecular complexity index is 1200. The maximum absolute atomic E-state index is 13.5. The van der Waals surface area contributed by atoms with E-state index in [0.29, 0.717) is 29.7 Å². The van der Waals surface area contributed by atoms with Crippen LogP contribution in [0.2, 0.25) is 0 Å². The van der Waals surface area contributed by atoms with Crippen molar-refractivity contribution in [3.8, 4) is 5.75 Å². The Kier molecular flexibility index (Phi) is 6.15. The molecule has 2 aliphatic heterocycles. The standard InChI is InChI=1S/C26H28N2O5/c1-2-32-19-10-8-18(9-11-19)23-22-24(29)20-6-3-4-7-21(20)33-25(22)26(30)28(23)13-5-12-27-14-16-31-17-15-27/h3-4,6-11,23H,2,5,12-17H2,1H3/t23-/m1/s1. The van der Waals surface area contributed by atoms with Gasteiger partial charge in [0.25, 0.3) is 5.91 Å². The van der Waals surface area contributed by atoms with Crippen molar-refractivity contribution in [2.45, 2.75) is 19.4 Å². The summed E-state index contributed by atoms with van der Waals surface area (Å²) < 4.78 is 17.0. The van der Waals surface area contributed by atoms with Crippen molar-refractivity contribution in [1.82, 2.24) is 9.80 Å². The average Bonchev–Trinajstić information content (AvgIpc) is 3.12. The molecule has 0 N–H and O–H groups in total. The number of hydrogen-bond donors (Lipinski definition) is 0. The Balaban J connectivity index is 1.50. The van der Waals surface area contributed by atoms with Gasteiger partial charge in [0, 0.05) is 26.2 Å². The molecule has 0 bridgehead atoms. The molecule has 0 aliphatic carbocycles. The molecule has 5 rings (SSSR count). The molecule has 2 aromatic carbocycles. The van der Waals surface area contributed by atoms with Gasteiger partial charge in [-0.15, -0.1) is 0 Å². The van der Waals surface area contributed by atoms with Crippen LogP contribution in [0.3, 0.4) is 0 Å². The molecule has 33 heavy (non-hydrogen) atoms. The largest absolute Gasteiger partial charge is 0.494 e. The Hall–Kier alpha value is -3.16. The summed E-state index contributed by atoms with van der Waals surface area (Å²) in [4.78, 5) is 31.1. The van der Waals surface area contributed by atoms with E-state index < -0.39 is 6.04 Å². The zero-order chi connectivity index (χ0) is 22.8. The van der Waals surface area contributed by atoms with Gasteiger partial charge in [-0.3, -0.25) is 14.5 Å². The number of ether oxygens (including phenoxy) is 2. The van der Waals surface area contributed by atoms with Gasteiger partial charge in [-0.25, -0.2) is 0 Å². The molecule has 1 atom stereocenters. The van der Waals surface area contributed by atoms with E-state index in [1.54, 1.807) is 23.1 Å². The number of nitrogens with zero attached hydrogens (tertiary/aromatic N) is 2. The summed E-state index contributed by atoms with van der Waals surface area (Å²) in [7, 11) is 0. The highest BCUT2D eigenvalue weighted by Crippen LogP contribution is 2.38. The first kappa shape index (κ1) is 21.7. The molecule has 0 unspecified atom stereocenters. The molecular weight excluding hydrogens is 420 g/mol. The van der Waals surface area contributed by atoms with E-state index in [2.05, 4.69) is 4.90 Å². The molecule has 2 aliphatic rings. The zero-order valence-electron chi connectivity index (χ0n) is 18.8. The van der Waals surface area contributed by atoms with E-state index in [0.717, 1.165) is 50.6 Å². The van der Waals surface area contributed by atoms with Gasteiger partial charge in [-0.2, -0.15) is 0 Å². The van der Waals surface area contributed by atoms with Crippen LogP contribution >= 0.6 is 0 Å². The maximum atomic E-state index is 13.5. The number of amides is 1. The number of rotatable bonds is 7. The van der Waals surface area contributed by atoms with Gasteiger partial charge in [-0.1, -0.05) is 24.3 Å². The van der Waals surface area contributed by atoms with Crippen LogP contribution in [0.15, 0.2) is 57.7 Å². The van der Waals surface area contributed by atoms with Crippen LogP contribution in [-0.4, -0.2) is 61.7 Å². The van der Waals surface area contributed by atoms with Gasteiger partial charge in [-0.05, 0) is 43.2 Å². The van der Waals surface area contributed by atoms with E-state index in [4.69, 9.17) is 13.9 Å². The van der Waals surface area contributed by atoms with Crippen LogP contribution in [0.5, 0.6) is 5.75 Å². The van der Waals surface area contributed by atoms with E-state index in [1.807, 2.05) is 37.3 Å². The third kappa shape index (κ3) is 4.14. The lowest BCUT2D eigenvalue weighted by Gasteiger charge is -2.29. The molecular formula is C26H28N2O5. The van der Waals surface area contributed by atoms with Crippen molar-refractivity contribution < 1.29 is 18.7 Å². The molecule has 3 heterocycles. The van der Waals surface area contributed by atoms with Crippen molar-refractivity contribution in [3.63, 3.8) is 0 Å². The van der Waals surface area contributed by atoms with Crippen molar-refractivity contribution in [2.24, 2.45) is 0 Å². The highest BCUT2D eigenvalue weighted by Gasteiger charge is 2.42. The highest BCUT2D eigenvalue weighted by atomic mass is 16.5. The zero-order valence-corrected chi connectivity index (χ0v) is 18.8. The summed E-state index contributed by atoms with van der Waals surface area (Å²) >= 11 is 0. The summed E-state index contributed by atoms with van der Waals surface area (Å²) in [5, 5.41) is 0.496. The van der Waals surface area contributed by atoms with Crippen LogP contribution in [0.25, 0.3) is 11.0 Å². The number of morpholine rings is 1. The van der Waals surface area contributed by atoms with Crippen molar-refractivity contribution in [1.29, 1.82) is 0 Å². The molecule has 172 valence electrons. The van der Waals surface area contributed by atoms with Crippen LogP contribution in [-0.2, 0) is 4.74 Å². The molecule has 7 heteroatoms. The maximum Gasteiger partial charge on any atom is 0.290 e. The minimum absolute atomic E-state index is 0.144. The lowest BCUT2D eigenvalue weighted by Crippen LogP contribution is -2.38. The number of carbonyl (C=O) groups excluding carboxylic acids is 1. The summed E-state index contributed by atoms with van der Waals surface area (Å²) in [5.41, 5.74) is 1.60. The highest BCUT2D eigenvalue weighted by molar-refractivity contribution is 5.99. The normalized spacial score (nSPS) is 18.6. The number of carbonyl (C=O) groups is 1. The van der Waals surface area contributed by atoms with Gasteiger partial charge in [0.05, 0.1) is 36.8 Å². The van der Waals surface area contributed by atoms with Gasteiger partial charge in [0.2, 0.25) is 5.76 Å². The lowest BCUT2D eigenvalue weighted by atomic mass is 9.98. The second-order valence-corrected chi connectivity index (χ2v) is 8.38. The summed E-state index contributed by atoms with van der Waals surface area (Å²) in [5.74, 6) is 0.688. The molecule has 1 saturated heterocycles. The minimum atomic E-state index is -0.478. The average molecular weight is 449 g/mol. The molecule has 1 aromatic heterocycles. The fourth-order valence-corrected chi connectivity index (χ4v) is 4.75. The van der Waals surface area contributed by atoms with Crippen LogP contribution < -0.4 is 10.2 Å². The van der Waals surface area contributed by atoms with Gasteiger partial charge >= 0.3 is 0 Å². The fraction of sp³-hybridized carbons (Fsp3) is 0.385. The minimum Gasteiger partial charge on any atom is -0.494 e. The summed E-state index contributed by atoms with van der Waals surface area (Å²) in [6.45, 7) is 7.22. The van der Waals surface area contributed by atoms with Crippen molar-refractivity contribution >= 4 is 16.9 Å². The molecule has 1 amide bonds. The lowest BCUT2D eigenvalue weighted by molar-refractivity contribution is 0.0353. The molecule has 1 fully saturated rings. The van der Waals surface area contributed by atoms with Crippen LogP contribution in [0.4, 0.5) is 0 Å². The predicted octanol–water partition coefficient (Wildman–Crippen LogP) is 3.46. The van der Waals surface area contributed by atoms with E-state index in [-0.39, 0.29) is 17.1 Å². The summed E-state index contributed by atoms with van der Waals surface area (Å²) in [6, 6.07) is 14.3. The number of fused-ring (bicyclic) bond motifs is 2. The van der Waals surface area contributed by atoms with Gasteiger partial charge < -0.3 is 18.8 Å². The third-order valence-corrected chi connectivity index (χ3v) is 6.36. The Morgan fingerprint density at radius 2 is 1.76 bits per heavy atom. The number of benzene rings is 2. The Morgan fingerprint density at radius 3 is 2.52 bits per heavy atom. The van der Waals surface area contributed by atoms with Crippen molar-refractivity contribution in [2.75, 3.05) is 46.0 Å². The first-order valence-electron chi connectivity index (χ1n) is 11.6.